The molecule has 0 unspecified atom stereocenters. The van der Waals surface area contributed by atoms with Gasteiger partial charge in [0.1, 0.15) is 5.75 Å². The van der Waals surface area contributed by atoms with Crippen LogP contribution in [0.1, 0.15) is 42.1 Å². The molecule has 4 aromatic carbocycles. The Morgan fingerprint density at radius 1 is 0.872 bits per heavy atom. The van der Waals surface area contributed by atoms with Crippen LogP contribution in [0.5, 0.6) is 5.75 Å². The zero-order valence-corrected chi connectivity index (χ0v) is 26.3. The molecule has 47 heavy (non-hydrogen) atoms. The molecule has 1 amide bonds. The van der Waals surface area contributed by atoms with Crippen molar-refractivity contribution in [2.45, 2.75) is 37.6 Å². The highest BCUT2D eigenvalue weighted by Gasteiger charge is 2.74. The Labute approximate surface area is 273 Å². The first-order chi connectivity index (χ1) is 22.8. The first-order valence-electron chi connectivity index (χ1n) is 15.4. The lowest BCUT2D eigenvalue weighted by Crippen LogP contribution is -2.64. The third kappa shape index (κ3) is 4.96. The second kappa shape index (κ2) is 12.6. The summed E-state index contributed by atoms with van der Waals surface area (Å²) in [5.74, 6) is -1.65. The molecule has 0 saturated carbocycles. The summed E-state index contributed by atoms with van der Waals surface area (Å²) in [4.78, 5) is 47.5. The van der Waals surface area contributed by atoms with Gasteiger partial charge in [-0.3, -0.25) is 10.1 Å². The van der Waals surface area contributed by atoms with E-state index in [0.29, 0.717) is 33.8 Å². The normalized spacial score (nSPS) is 19.3. The summed E-state index contributed by atoms with van der Waals surface area (Å²) in [6.07, 6.45) is 0. The minimum Gasteiger partial charge on any atom is -0.497 e. The maximum absolute atomic E-state index is 15.3. The minimum atomic E-state index is -2.24. The number of fused-ring (bicyclic) bond motifs is 2. The summed E-state index contributed by atoms with van der Waals surface area (Å²) in [5.41, 5.74) is -0.763. The molecule has 10 nitrogen and oxygen atoms in total. The number of nitriles is 1. The van der Waals surface area contributed by atoms with Crippen LogP contribution in [0.15, 0.2) is 103 Å². The van der Waals surface area contributed by atoms with E-state index >= 15 is 4.79 Å². The van der Waals surface area contributed by atoms with Gasteiger partial charge in [-0.1, -0.05) is 60.7 Å². The van der Waals surface area contributed by atoms with E-state index < -0.39 is 35.1 Å². The molecule has 2 heterocycles. The van der Waals surface area contributed by atoms with Crippen molar-refractivity contribution in [2.75, 3.05) is 30.1 Å². The van der Waals surface area contributed by atoms with Crippen LogP contribution in [0.4, 0.5) is 11.4 Å². The average Bonchev–Trinajstić information content (AvgIpc) is 3.56. The third-order valence-corrected chi connectivity index (χ3v) is 8.61. The van der Waals surface area contributed by atoms with Gasteiger partial charge in [0.15, 0.2) is 0 Å². The van der Waals surface area contributed by atoms with Crippen LogP contribution in [0.2, 0.25) is 0 Å². The molecule has 2 aliphatic rings. The summed E-state index contributed by atoms with van der Waals surface area (Å²) in [6, 6.07) is 31.5. The third-order valence-electron chi connectivity index (χ3n) is 8.61. The summed E-state index contributed by atoms with van der Waals surface area (Å²) >= 11 is 0. The van der Waals surface area contributed by atoms with Crippen molar-refractivity contribution in [2.24, 2.45) is 0 Å². The molecule has 1 fully saturated rings. The number of hydrogen-bond acceptors (Lipinski definition) is 9. The number of carbonyl (C=O) groups excluding carboxylic acids is 3. The maximum Gasteiger partial charge on any atom is 0.340 e. The largest absolute Gasteiger partial charge is 0.497 e. The van der Waals surface area contributed by atoms with Crippen LogP contribution < -0.4 is 19.9 Å². The molecule has 2 atom stereocenters. The van der Waals surface area contributed by atoms with Gasteiger partial charge in [0.25, 0.3) is 5.91 Å². The highest BCUT2D eigenvalue weighted by molar-refractivity contribution is 6.15. The molecular formula is C37H34N4O6. The fraction of sp³-hybridized carbons (Fsp3) is 0.243. The fourth-order valence-electron chi connectivity index (χ4n) is 6.67. The van der Waals surface area contributed by atoms with Gasteiger partial charge < -0.3 is 24.0 Å². The van der Waals surface area contributed by atoms with E-state index in [4.69, 9.17) is 14.2 Å². The SMILES string of the molecule is CCOC(=O)C1(C(=O)OCC)N[C@]2(C(=O)N(Cc3ccccc3)c3ccccc32)N(c2ccc(OC)cc2)[C@H]1c1cccc(C#N)c1. The van der Waals surface area contributed by atoms with Crippen molar-refractivity contribution in [3.8, 4) is 11.8 Å². The van der Waals surface area contributed by atoms with Crippen LogP contribution in [-0.4, -0.2) is 43.7 Å². The summed E-state index contributed by atoms with van der Waals surface area (Å²) in [7, 11) is 1.55. The van der Waals surface area contributed by atoms with E-state index in [-0.39, 0.29) is 19.8 Å². The second-order valence-electron chi connectivity index (χ2n) is 11.2. The zero-order valence-electron chi connectivity index (χ0n) is 26.3. The molecule has 1 N–H and O–H groups in total. The number of esters is 2. The first-order valence-corrected chi connectivity index (χ1v) is 15.4. The predicted molar refractivity (Wildman–Crippen MR) is 174 cm³/mol. The first kappa shape index (κ1) is 31.3. The van der Waals surface area contributed by atoms with Gasteiger partial charge in [0, 0.05) is 11.3 Å². The number of amides is 1. The molecule has 10 heteroatoms. The topological polar surface area (TPSA) is 121 Å². The Morgan fingerprint density at radius 3 is 2.17 bits per heavy atom. The van der Waals surface area contributed by atoms with Gasteiger partial charge >= 0.3 is 11.9 Å². The summed E-state index contributed by atoms with van der Waals surface area (Å²) in [6.45, 7) is 3.45. The quantitative estimate of drug-likeness (QED) is 0.202. The molecule has 0 radical (unpaired) electrons. The molecule has 6 rings (SSSR count). The molecule has 4 aromatic rings. The lowest BCUT2D eigenvalue weighted by molar-refractivity contribution is -0.166. The molecule has 0 aromatic heterocycles. The van der Waals surface area contributed by atoms with Crippen molar-refractivity contribution in [1.29, 1.82) is 5.26 Å². The fourth-order valence-corrected chi connectivity index (χ4v) is 6.67. The maximum atomic E-state index is 15.3. The average molecular weight is 631 g/mol. The van der Waals surface area contributed by atoms with Crippen LogP contribution in [0.25, 0.3) is 0 Å². The number of ether oxygens (including phenoxy) is 3. The molecule has 0 aliphatic carbocycles. The van der Waals surface area contributed by atoms with Gasteiger partial charge in [0.2, 0.25) is 11.2 Å². The molecular weight excluding hydrogens is 596 g/mol. The van der Waals surface area contributed by atoms with E-state index in [1.165, 1.54) is 0 Å². The Balaban J connectivity index is 1.70. The van der Waals surface area contributed by atoms with E-state index in [0.717, 1.165) is 5.56 Å². The van der Waals surface area contributed by atoms with Gasteiger partial charge in [-0.05, 0) is 67.4 Å². The highest BCUT2D eigenvalue weighted by Crippen LogP contribution is 2.56. The molecule has 238 valence electrons. The van der Waals surface area contributed by atoms with Crippen LogP contribution in [0, 0.1) is 11.3 Å². The van der Waals surface area contributed by atoms with Crippen LogP contribution in [0.3, 0.4) is 0 Å². The zero-order chi connectivity index (χ0) is 33.2. The number of para-hydroxylation sites is 1. The minimum absolute atomic E-state index is 0.0349. The lowest BCUT2D eigenvalue weighted by Gasteiger charge is -2.39. The Morgan fingerprint density at radius 2 is 1.53 bits per heavy atom. The standard InChI is InChI=1S/C37H34N4O6/c1-4-46-34(43)36(35(44)47-5-2)32(27-15-11-14-26(22-27)23-38)41(28-18-20-29(45-3)21-19-28)37(39-36)30-16-9-10-17-31(30)40(33(37)42)24-25-12-7-6-8-13-25/h6-22,32,39H,4-5,24H2,1-3H3/t32-,37-/m0/s1. The number of methoxy groups -OCH3 is 1. The van der Waals surface area contributed by atoms with Crippen LogP contribution >= 0.6 is 0 Å². The monoisotopic (exact) mass is 630 g/mol. The van der Waals surface area contributed by atoms with Gasteiger partial charge in [-0.15, -0.1) is 0 Å². The van der Waals surface area contributed by atoms with Crippen molar-refractivity contribution in [3.05, 3.63) is 125 Å². The van der Waals surface area contributed by atoms with E-state index in [1.54, 1.807) is 79.3 Å². The van der Waals surface area contributed by atoms with Crippen molar-refractivity contribution < 1.29 is 28.6 Å². The van der Waals surface area contributed by atoms with E-state index in [1.807, 2.05) is 54.6 Å². The number of anilines is 2. The molecule has 2 aliphatic heterocycles. The number of hydrogen-bond donors (Lipinski definition) is 1. The number of rotatable bonds is 9. The molecule has 1 spiro atoms. The second-order valence-corrected chi connectivity index (χ2v) is 11.2. The Kier molecular flexibility index (Phi) is 8.41. The van der Waals surface area contributed by atoms with Gasteiger partial charge in [-0.2, -0.15) is 5.26 Å². The number of carbonyl (C=O) groups is 3. The van der Waals surface area contributed by atoms with Crippen molar-refractivity contribution in [3.63, 3.8) is 0 Å². The van der Waals surface area contributed by atoms with Crippen molar-refractivity contribution >= 4 is 29.2 Å². The molecule has 0 bridgehead atoms. The summed E-state index contributed by atoms with van der Waals surface area (Å²) < 4.78 is 16.7. The molecule has 1 saturated heterocycles. The predicted octanol–water partition coefficient (Wildman–Crippen LogP) is 4.98. The lowest BCUT2D eigenvalue weighted by atomic mass is 9.85. The van der Waals surface area contributed by atoms with E-state index in [9.17, 15) is 14.9 Å². The highest BCUT2D eigenvalue weighted by atomic mass is 16.6. The number of benzene rings is 4. The van der Waals surface area contributed by atoms with Crippen LogP contribution in [-0.2, 0) is 36.1 Å². The van der Waals surface area contributed by atoms with E-state index in [2.05, 4.69) is 11.4 Å². The Hall–Kier alpha value is -5.66. The van der Waals surface area contributed by atoms with Gasteiger partial charge in [-0.25, -0.2) is 9.59 Å². The number of nitrogens with zero attached hydrogens (tertiary/aromatic N) is 3. The van der Waals surface area contributed by atoms with Crippen molar-refractivity contribution in [1.82, 2.24) is 5.32 Å². The summed E-state index contributed by atoms with van der Waals surface area (Å²) in [5, 5.41) is 13.2. The Bertz CT molecular complexity index is 1840. The smallest absolute Gasteiger partial charge is 0.340 e. The van der Waals surface area contributed by atoms with Gasteiger partial charge in [0.05, 0.1) is 50.2 Å². The number of nitrogens with one attached hydrogen (secondary N) is 1.